The predicted molar refractivity (Wildman–Crippen MR) is 77.8 cm³/mol. The number of alkyl halides is 6. The highest BCUT2D eigenvalue weighted by atomic mass is 32.2. The molecule has 1 aromatic carbocycles. The largest absolute Gasteiger partial charge is 0.573 e. The number of nitrogens with zero attached hydrogens (tertiary/aromatic N) is 1. The first-order chi connectivity index (χ1) is 11.5. The second-order valence-electron chi connectivity index (χ2n) is 4.90. The standard InChI is InChI=1S/C13H11F6N3O2S/c14-12(15,16)9-8(25-11(20)22-9)10(23)21-5-6-1-3-7(4-2-6)24-13(17,18)19/h1-4,8-9H,5H2,(H2,20,22)(H,21,23). The smallest absolute Gasteiger partial charge is 0.406 e. The van der Waals surface area contributed by atoms with Crippen LogP contribution in [-0.4, -0.2) is 34.9 Å². The number of benzene rings is 1. The van der Waals surface area contributed by atoms with Gasteiger partial charge in [0.1, 0.15) is 11.0 Å². The van der Waals surface area contributed by atoms with Crippen LogP contribution in [0.3, 0.4) is 0 Å². The third-order valence-corrected chi connectivity index (χ3v) is 4.09. The number of carbonyl (C=O) groups excluding carboxylic acids is 1. The summed E-state index contributed by atoms with van der Waals surface area (Å²) in [6.07, 6.45) is -9.55. The molecule has 2 unspecified atom stereocenters. The molecule has 0 spiro atoms. The topological polar surface area (TPSA) is 76.7 Å². The second-order valence-corrected chi connectivity index (χ2v) is 6.06. The maximum atomic E-state index is 12.8. The molecule has 0 saturated heterocycles. The Kier molecular flexibility index (Phi) is 5.40. The lowest BCUT2D eigenvalue weighted by atomic mass is 10.1. The van der Waals surface area contributed by atoms with Crippen molar-refractivity contribution < 1.29 is 35.9 Å². The predicted octanol–water partition coefficient (Wildman–Crippen LogP) is 2.56. The lowest BCUT2D eigenvalue weighted by Gasteiger charge is -2.19. The zero-order valence-corrected chi connectivity index (χ0v) is 13.0. The van der Waals surface area contributed by atoms with E-state index < -0.39 is 35.5 Å². The summed E-state index contributed by atoms with van der Waals surface area (Å²) >= 11 is 0.503. The number of thioether (sulfide) groups is 1. The summed E-state index contributed by atoms with van der Waals surface area (Å²) in [6, 6.07) is 2.31. The van der Waals surface area contributed by atoms with E-state index >= 15 is 0 Å². The molecule has 0 radical (unpaired) electrons. The summed E-state index contributed by atoms with van der Waals surface area (Å²) < 4.78 is 78.3. The maximum Gasteiger partial charge on any atom is 0.573 e. The first-order valence-corrected chi connectivity index (χ1v) is 7.53. The zero-order valence-electron chi connectivity index (χ0n) is 12.2. The number of aliphatic imine (C=N–C) groups is 1. The van der Waals surface area contributed by atoms with E-state index in [4.69, 9.17) is 5.73 Å². The minimum Gasteiger partial charge on any atom is -0.406 e. The highest BCUT2D eigenvalue weighted by Gasteiger charge is 2.51. The average Bonchev–Trinajstić information content (AvgIpc) is 2.87. The van der Waals surface area contributed by atoms with Crippen LogP contribution in [-0.2, 0) is 11.3 Å². The molecule has 2 rings (SSSR count). The highest BCUT2D eigenvalue weighted by Crippen LogP contribution is 2.36. The summed E-state index contributed by atoms with van der Waals surface area (Å²) in [4.78, 5) is 15.2. The van der Waals surface area contributed by atoms with Gasteiger partial charge in [0.05, 0.1) is 0 Å². The normalized spacial score (nSPS) is 21.0. The van der Waals surface area contributed by atoms with Crippen LogP contribution in [0.4, 0.5) is 26.3 Å². The Morgan fingerprint density at radius 2 is 1.80 bits per heavy atom. The van der Waals surface area contributed by atoms with E-state index in [0.29, 0.717) is 17.3 Å². The number of nitrogens with two attached hydrogens (primary N) is 1. The van der Waals surface area contributed by atoms with Crippen LogP contribution in [0.15, 0.2) is 29.3 Å². The Morgan fingerprint density at radius 3 is 2.32 bits per heavy atom. The fraction of sp³-hybridized carbons (Fsp3) is 0.385. The van der Waals surface area contributed by atoms with Crippen LogP contribution < -0.4 is 15.8 Å². The van der Waals surface area contributed by atoms with Crippen LogP contribution in [0.2, 0.25) is 0 Å². The van der Waals surface area contributed by atoms with Gasteiger partial charge in [-0.2, -0.15) is 13.2 Å². The summed E-state index contributed by atoms with van der Waals surface area (Å²) in [7, 11) is 0. The zero-order chi connectivity index (χ0) is 18.8. The Morgan fingerprint density at radius 1 is 1.20 bits per heavy atom. The third kappa shape index (κ3) is 5.44. The molecule has 25 heavy (non-hydrogen) atoms. The van der Waals surface area contributed by atoms with E-state index in [2.05, 4.69) is 15.0 Å². The fourth-order valence-electron chi connectivity index (χ4n) is 1.97. The Balaban J connectivity index is 1.94. The van der Waals surface area contributed by atoms with Gasteiger partial charge in [-0.1, -0.05) is 23.9 Å². The molecule has 0 saturated carbocycles. The van der Waals surface area contributed by atoms with Crippen LogP contribution in [0.25, 0.3) is 0 Å². The number of nitrogens with one attached hydrogen (secondary N) is 1. The van der Waals surface area contributed by atoms with Gasteiger partial charge in [0.15, 0.2) is 11.2 Å². The molecule has 1 aromatic rings. The molecule has 3 N–H and O–H groups in total. The molecule has 1 heterocycles. The van der Waals surface area contributed by atoms with Crippen molar-refractivity contribution in [2.75, 3.05) is 0 Å². The van der Waals surface area contributed by atoms with Crippen molar-refractivity contribution >= 4 is 22.8 Å². The molecule has 138 valence electrons. The van der Waals surface area contributed by atoms with Gasteiger partial charge in [-0.25, -0.2) is 4.99 Å². The Bertz CT molecular complexity index is 659. The molecule has 0 aliphatic carbocycles. The van der Waals surface area contributed by atoms with Crippen molar-refractivity contribution in [1.82, 2.24) is 5.32 Å². The molecule has 0 fully saturated rings. The third-order valence-electron chi connectivity index (χ3n) is 3.02. The van der Waals surface area contributed by atoms with Crippen molar-refractivity contribution in [3.8, 4) is 5.75 Å². The highest BCUT2D eigenvalue weighted by molar-refractivity contribution is 8.15. The summed E-state index contributed by atoms with van der Waals surface area (Å²) in [5, 5.41) is 0.394. The van der Waals surface area contributed by atoms with E-state index in [0.717, 1.165) is 12.1 Å². The molecule has 12 heteroatoms. The van der Waals surface area contributed by atoms with Crippen molar-refractivity contribution in [3.63, 3.8) is 0 Å². The summed E-state index contributed by atoms with van der Waals surface area (Å²) in [5.41, 5.74) is 5.63. The first-order valence-electron chi connectivity index (χ1n) is 6.65. The molecular formula is C13H11F6N3O2S. The molecule has 1 aliphatic heterocycles. The molecule has 0 aromatic heterocycles. The van der Waals surface area contributed by atoms with E-state index in [-0.39, 0.29) is 11.7 Å². The average molecular weight is 387 g/mol. The number of amides is 1. The van der Waals surface area contributed by atoms with Gasteiger partial charge in [0.25, 0.3) is 0 Å². The second kappa shape index (κ2) is 7.02. The SMILES string of the molecule is NC1=NC(C(F)(F)F)C(C(=O)NCc2ccc(OC(F)(F)F)cc2)S1. The van der Waals surface area contributed by atoms with Crippen molar-refractivity contribution in [2.24, 2.45) is 10.7 Å². The lowest BCUT2D eigenvalue weighted by molar-refractivity contribution is -0.274. The fourth-order valence-corrected chi connectivity index (χ4v) is 2.94. The van der Waals surface area contributed by atoms with E-state index in [1.165, 1.54) is 12.1 Å². The van der Waals surface area contributed by atoms with Crippen LogP contribution in [0.5, 0.6) is 5.75 Å². The Hall–Kier alpha value is -2.11. The number of amidine groups is 1. The molecule has 1 amide bonds. The van der Waals surface area contributed by atoms with Crippen molar-refractivity contribution in [2.45, 2.75) is 30.4 Å². The number of hydrogen-bond acceptors (Lipinski definition) is 5. The lowest BCUT2D eigenvalue weighted by Crippen LogP contribution is -2.44. The van der Waals surface area contributed by atoms with Gasteiger partial charge < -0.3 is 15.8 Å². The number of ether oxygens (including phenoxy) is 1. The summed E-state index contributed by atoms with van der Waals surface area (Å²) in [5.74, 6) is -1.38. The van der Waals surface area contributed by atoms with Gasteiger partial charge in [-0.05, 0) is 17.7 Å². The van der Waals surface area contributed by atoms with E-state index in [1.54, 1.807) is 0 Å². The van der Waals surface area contributed by atoms with E-state index in [9.17, 15) is 31.1 Å². The number of halogens is 6. The molecule has 1 aliphatic rings. The monoisotopic (exact) mass is 387 g/mol. The maximum absolute atomic E-state index is 12.8. The molecular weight excluding hydrogens is 376 g/mol. The Labute approximate surface area is 141 Å². The van der Waals surface area contributed by atoms with Gasteiger partial charge in [-0.3, -0.25) is 4.79 Å². The quantitative estimate of drug-likeness (QED) is 0.779. The van der Waals surface area contributed by atoms with Crippen molar-refractivity contribution in [1.29, 1.82) is 0 Å². The van der Waals surface area contributed by atoms with Gasteiger partial charge in [0, 0.05) is 6.54 Å². The first kappa shape index (κ1) is 19.2. The molecule has 0 bridgehead atoms. The van der Waals surface area contributed by atoms with Gasteiger partial charge >= 0.3 is 12.5 Å². The van der Waals surface area contributed by atoms with Crippen LogP contribution in [0, 0.1) is 0 Å². The van der Waals surface area contributed by atoms with Gasteiger partial charge in [0.2, 0.25) is 5.91 Å². The molecule has 2 atom stereocenters. The number of carbonyl (C=O) groups is 1. The van der Waals surface area contributed by atoms with E-state index in [1.807, 2.05) is 0 Å². The summed E-state index contributed by atoms with van der Waals surface area (Å²) in [6.45, 7) is -0.174. The minimum absolute atomic E-state index is 0.174. The van der Waals surface area contributed by atoms with Crippen LogP contribution >= 0.6 is 11.8 Å². The van der Waals surface area contributed by atoms with Crippen LogP contribution in [0.1, 0.15) is 5.56 Å². The minimum atomic E-state index is -4.83. The molecule has 5 nitrogen and oxygen atoms in total. The number of hydrogen-bond donors (Lipinski definition) is 2. The number of rotatable bonds is 4. The van der Waals surface area contributed by atoms with Crippen molar-refractivity contribution in [3.05, 3.63) is 29.8 Å². The van der Waals surface area contributed by atoms with Gasteiger partial charge in [-0.15, -0.1) is 13.2 Å².